The number of likely N-dealkylation sites (tertiary alicyclic amines) is 1. The summed E-state index contributed by atoms with van der Waals surface area (Å²) in [5.74, 6) is 2.31. The number of nitrogens with zero attached hydrogens (tertiary/aromatic N) is 3. The molecular formula is C23H37ClN4O. The fourth-order valence-electron chi connectivity index (χ4n) is 4.81. The highest BCUT2D eigenvalue weighted by atomic mass is 35.5. The van der Waals surface area contributed by atoms with Crippen LogP contribution in [0.1, 0.15) is 43.7 Å². The lowest BCUT2D eigenvalue weighted by Gasteiger charge is -2.40. The molecule has 3 rings (SSSR count). The Labute approximate surface area is 181 Å². The molecule has 2 atom stereocenters. The fourth-order valence-corrected chi connectivity index (χ4v) is 5.01. The van der Waals surface area contributed by atoms with Gasteiger partial charge >= 0.3 is 0 Å². The molecule has 1 N–H and O–H groups in total. The SMILES string of the molecule is CN=C(NCC1CCCN(C)C1c1cccc(Cl)c1)N(C)CCC1CCOCC1. The second kappa shape index (κ2) is 11.2. The summed E-state index contributed by atoms with van der Waals surface area (Å²) in [6.07, 6.45) is 6.04. The summed E-state index contributed by atoms with van der Waals surface area (Å²) in [4.78, 5) is 9.28. The van der Waals surface area contributed by atoms with Crippen LogP contribution in [0.4, 0.5) is 0 Å². The third-order valence-corrected chi connectivity index (χ3v) is 6.74. The molecule has 2 aliphatic rings. The first kappa shape index (κ1) is 22.4. The summed E-state index contributed by atoms with van der Waals surface area (Å²) in [5, 5.41) is 4.47. The molecule has 0 aromatic heterocycles. The van der Waals surface area contributed by atoms with Crippen molar-refractivity contribution in [1.82, 2.24) is 15.1 Å². The van der Waals surface area contributed by atoms with Crippen molar-refractivity contribution >= 4 is 17.6 Å². The van der Waals surface area contributed by atoms with Crippen LogP contribution < -0.4 is 5.32 Å². The highest BCUT2D eigenvalue weighted by Gasteiger charge is 2.31. The van der Waals surface area contributed by atoms with Gasteiger partial charge in [-0.2, -0.15) is 0 Å². The quantitative estimate of drug-likeness (QED) is 0.556. The molecule has 1 aromatic rings. The Morgan fingerprint density at radius 3 is 2.83 bits per heavy atom. The van der Waals surface area contributed by atoms with E-state index in [9.17, 15) is 0 Å². The van der Waals surface area contributed by atoms with Crippen molar-refractivity contribution < 1.29 is 4.74 Å². The van der Waals surface area contributed by atoms with E-state index in [1.54, 1.807) is 0 Å². The van der Waals surface area contributed by atoms with Gasteiger partial charge in [0.15, 0.2) is 5.96 Å². The van der Waals surface area contributed by atoms with Gasteiger partial charge in [0.1, 0.15) is 0 Å². The van der Waals surface area contributed by atoms with Crippen molar-refractivity contribution in [2.75, 3.05) is 54.0 Å². The molecule has 2 saturated heterocycles. The predicted octanol–water partition coefficient (Wildman–Crippen LogP) is 4.05. The molecule has 0 spiro atoms. The van der Waals surface area contributed by atoms with Gasteiger partial charge in [-0.25, -0.2) is 0 Å². The number of aliphatic imine (C=N–C) groups is 1. The summed E-state index contributed by atoms with van der Waals surface area (Å²) in [6.45, 7) is 4.93. The molecular weight excluding hydrogens is 384 g/mol. The second-order valence-electron chi connectivity index (χ2n) is 8.58. The highest BCUT2D eigenvalue weighted by molar-refractivity contribution is 6.30. The third-order valence-electron chi connectivity index (χ3n) is 6.51. The van der Waals surface area contributed by atoms with Crippen molar-refractivity contribution in [2.24, 2.45) is 16.8 Å². The highest BCUT2D eigenvalue weighted by Crippen LogP contribution is 2.35. The first-order valence-corrected chi connectivity index (χ1v) is 11.4. The third kappa shape index (κ3) is 6.34. The number of guanidine groups is 1. The molecule has 0 amide bonds. The first-order valence-electron chi connectivity index (χ1n) is 11.0. The van der Waals surface area contributed by atoms with Crippen LogP contribution in [0.25, 0.3) is 0 Å². The van der Waals surface area contributed by atoms with Crippen LogP contribution in [0.5, 0.6) is 0 Å². The maximum absolute atomic E-state index is 6.28. The topological polar surface area (TPSA) is 40.1 Å². The van der Waals surface area contributed by atoms with Crippen molar-refractivity contribution in [1.29, 1.82) is 0 Å². The normalized spacial score (nSPS) is 24.5. The molecule has 0 saturated carbocycles. The summed E-state index contributed by atoms with van der Waals surface area (Å²) < 4.78 is 5.48. The monoisotopic (exact) mass is 420 g/mol. The van der Waals surface area contributed by atoms with Crippen LogP contribution >= 0.6 is 11.6 Å². The van der Waals surface area contributed by atoms with E-state index in [4.69, 9.17) is 16.3 Å². The Hall–Kier alpha value is -1.30. The van der Waals surface area contributed by atoms with E-state index in [1.807, 2.05) is 13.1 Å². The van der Waals surface area contributed by atoms with Gasteiger partial charge in [-0.15, -0.1) is 0 Å². The number of halogens is 1. The number of benzene rings is 1. The largest absolute Gasteiger partial charge is 0.381 e. The van der Waals surface area contributed by atoms with Crippen LogP contribution in [0.2, 0.25) is 5.02 Å². The summed E-state index contributed by atoms with van der Waals surface area (Å²) in [6, 6.07) is 8.74. The van der Waals surface area contributed by atoms with E-state index < -0.39 is 0 Å². The van der Waals surface area contributed by atoms with Crippen molar-refractivity contribution in [3.05, 3.63) is 34.9 Å². The molecule has 2 unspecified atom stereocenters. The van der Waals surface area contributed by atoms with Gasteiger partial charge in [0.25, 0.3) is 0 Å². The van der Waals surface area contributed by atoms with Crippen LogP contribution in [0.3, 0.4) is 0 Å². The van der Waals surface area contributed by atoms with E-state index in [0.29, 0.717) is 12.0 Å². The Kier molecular flexibility index (Phi) is 8.64. The molecule has 29 heavy (non-hydrogen) atoms. The molecule has 162 valence electrons. The minimum absolute atomic E-state index is 0.389. The van der Waals surface area contributed by atoms with Crippen LogP contribution in [-0.4, -0.2) is 69.8 Å². The summed E-state index contributed by atoms with van der Waals surface area (Å²) in [7, 11) is 6.26. The van der Waals surface area contributed by atoms with Gasteiger partial charge in [-0.1, -0.05) is 23.7 Å². The average molecular weight is 421 g/mol. The Morgan fingerprint density at radius 2 is 2.10 bits per heavy atom. The van der Waals surface area contributed by atoms with Crippen molar-refractivity contribution in [2.45, 2.75) is 38.1 Å². The maximum Gasteiger partial charge on any atom is 0.193 e. The molecule has 5 nitrogen and oxygen atoms in total. The number of ether oxygens (including phenoxy) is 1. The van der Waals surface area contributed by atoms with E-state index in [0.717, 1.165) is 49.7 Å². The molecule has 0 radical (unpaired) electrons. The van der Waals surface area contributed by atoms with Crippen molar-refractivity contribution in [3.8, 4) is 0 Å². The minimum Gasteiger partial charge on any atom is -0.381 e. The smallest absolute Gasteiger partial charge is 0.193 e. The average Bonchev–Trinajstić information content (AvgIpc) is 2.73. The zero-order chi connectivity index (χ0) is 20.6. The molecule has 2 fully saturated rings. The van der Waals surface area contributed by atoms with E-state index in [-0.39, 0.29) is 0 Å². The summed E-state index contributed by atoms with van der Waals surface area (Å²) in [5.41, 5.74) is 1.31. The zero-order valence-electron chi connectivity index (χ0n) is 18.2. The number of piperidine rings is 1. The first-order chi connectivity index (χ1) is 14.1. The van der Waals surface area contributed by atoms with Crippen LogP contribution in [0, 0.1) is 11.8 Å². The molecule has 2 heterocycles. The minimum atomic E-state index is 0.389. The van der Waals surface area contributed by atoms with E-state index >= 15 is 0 Å². The molecule has 6 heteroatoms. The summed E-state index contributed by atoms with van der Waals surface area (Å²) >= 11 is 6.28. The van der Waals surface area contributed by atoms with Gasteiger partial charge in [-0.3, -0.25) is 9.89 Å². The maximum atomic E-state index is 6.28. The van der Waals surface area contributed by atoms with Gasteiger partial charge in [0.05, 0.1) is 0 Å². The van der Waals surface area contributed by atoms with Gasteiger partial charge < -0.3 is 15.0 Å². The number of hydrogen-bond donors (Lipinski definition) is 1. The lowest BCUT2D eigenvalue weighted by Crippen LogP contribution is -2.46. The zero-order valence-corrected chi connectivity index (χ0v) is 19.0. The Balaban J connectivity index is 1.56. The lowest BCUT2D eigenvalue weighted by molar-refractivity contribution is 0.0625. The van der Waals surface area contributed by atoms with Gasteiger partial charge in [-0.05, 0) is 75.2 Å². The number of nitrogens with one attached hydrogen (secondary N) is 1. The molecule has 0 aliphatic carbocycles. The predicted molar refractivity (Wildman–Crippen MR) is 122 cm³/mol. The Bertz CT molecular complexity index is 662. The van der Waals surface area contributed by atoms with Crippen LogP contribution in [0.15, 0.2) is 29.3 Å². The molecule has 1 aromatic carbocycles. The number of rotatable bonds is 6. The second-order valence-corrected chi connectivity index (χ2v) is 9.01. The van der Waals surface area contributed by atoms with E-state index in [1.165, 1.54) is 37.7 Å². The van der Waals surface area contributed by atoms with Crippen molar-refractivity contribution in [3.63, 3.8) is 0 Å². The van der Waals surface area contributed by atoms with Gasteiger partial charge in [0, 0.05) is 51.5 Å². The number of hydrogen-bond acceptors (Lipinski definition) is 3. The van der Waals surface area contributed by atoms with E-state index in [2.05, 4.69) is 52.4 Å². The molecule has 0 bridgehead atoms. The molecule has 2 aliphatic heterocycles. The lowest BCUT2D eigenvalue weighted by atomic mass is 9.85. The standard InChI is InChI=1S/C23H37ClN4O/c1-25-23(28(3)13-9-18-10-14-29-15-11-18)26-17-20-7-5-12-27(2)22(20)19-6-4-8-21(24)16-19/h4,6,8,16,18,20,22H,5,7,9-15,17H2,1-3H3,(H,25,26). The van der Waals surface area contributed by atoms with Crippen LogP contribution in [-0.2, 0) is 4.74 Å². The Morgan fingerprint density at radius 1 is 1.31 bits per heavy atom. The fraction of sp³-hybridized carbons (Fsp3) is 0.696. The van der Waals surface area contributed by atoms with Gasteiger partial charge in [0.2, 0.25) is 0 Å².